The van der Waals surface area contributed by atoms with E-state index in [4.69, 9.17) is 5.73 Å². The summed E-state index contributed by atoms with van der Waals surface area (Å²) in [5.41, 5.74) is 6.21. The van der Waals surface area contributed by atoms with Crippen molar-refractivity contribution in [1.82, 2.24) is 0 Å². The van der Waals surface area contributed by atoms with Crippen molar-refractivity contribution < 1.29 is 0 Å². The minimum Gasteiger partial charge on any atom is -0.322 e. The van der Waals surface area contributed by atoms with Gasteiger partial charge in [-0.2, -0.15) is 0 Å². The van der Waals surface area contributed by atoms with E-state index in [2.05, 4.69) is 19.1 Å². The first-order valence-electron chi connectivity index (χ1n) is 4.67. The molecule has 0 aromatic rings. The van der Waals surface area contributed by atoms with Crippen LogP contribution < -0.4 is 5.73 Å². The van der Waals surface area contributed by atoms with Gasteiger partial charge in [-0.15, -0.1) is 0 Å². The number of fused-ring (bicyclic) bond motifs is 1. The van der Waals surface area contributed by atoms with Crippen LogP contribution >= 0.6 is 0 Å². The largest absolute Gasteiger partial charge is 0.322 e. The summed E-state index contributed by atoms with van der Waals surface area (Å²) < 4.78 is 0. The molecule has 2 N–H and O–H groups in total. The van der Waals surface area contributed by atoms with Crippen molar-refractivity contribution in [2.45, 2.75) is 38.1 Å². The van der Waals surface area contributed by atoms with Crippen molar-refractivity contribution in [3.05, 3.63) is 12.2 Å². The van der Waals surface area contributed by atoms with Crippen LogP contribution in [0.5, 0.6) is 0 Å². The molecule has 0 aliphatic heterocycles. The molecule has 0 bridgehead atoms. The molecule has 0 spiro atoms. The predicted octanol–water partition coefficient (Wildman–Crippen LogP) is 2.08. The fourth-order valence-electron chi connectivity index (χ4n) is 2.07. The maximum atomic E-state index is 6.08. The maximum Gasteiger partial charge on any atom is 0.0372 e. The van der Waals surface area contributed by atoms with Gasteiger partial charge in [0.2, 0.25) is 0 Å². The highest BCUT2D eigenvalue weighted by Crippen LogP contribution is 2.47. The SMILES string of the molecule is CC1CC=CC2(N)CC2CC1. The molecule has 0 saturated heterocycles. The van der Waals surface area contributed by atoms with Crippen LogP contribution in [-0.2, 0) is 0 Å². The lowest BCUT2D eigenvalue weighted by molar-refractivity contribution is 0.470. The van der Waals surface area contributed by atoms with Crippen LogP contribution in [0.1, 0.15) is 32.6 Å². The van der Waals surface area contributed by atoms with Crippen LogP contribution in [0.4, 0.5) is 0 Å². The Morgan fingerprint density at radius 1 is 1.45 bits per heavy atom. The summed E-state index contributed by atoms with van der Waals surface area (Å²) in [6.45, 7) is 2.33. The molecule has 2 aliphatic carbocycles. The minimum atomic E-state index is 0.125. The lowest BCUT2D eigenvalue weighted by Gasteiger charge is -2.13. The maximum absolute atomic E-state index is 6.08. The molecule has 0 aromatic heterocycles. The van der Waals surface area contributed by atoms with E-state index in [9.17, 15) is 0 Å². The summed E-state index contributed by atoms with van der Waals surface area (Å²) in [7, 11) is 0. The molecule has 1 nitrogen and oxygen atoms in total. The first-order valence-corrected chi connectivity index (χ1v) is 4.67. The molecule has 1 fully saturated rings. The highest BCUT2D eigenvalue weighted by Gasteiger charge is 2.48. The molecule has 0 aromatic carbocycles. The van der Waals surface area contributed by atoms with Gasteiger partial charge in [0.25, 0.3) is 0 Å². The first-order chi connectivity index (χ1) is 5.21. The topological polar surface area (TPSA) is 26.0 Å². The molecule has 62 valence electrons. The van der Waals surface area contributed by atoms with E-state index in [0.29, 0.717) is 0 Å². The molecular weight excluding hydrogens is 134 g/mol. The van der Waals surface area contributed by atoms with Crippen LogP contribution in [0, 0.1) is 11.8 Å². The van der Waals surface area contributed by atoms with Crippen molar-refractivity contribution in [1.29, 1.82) is 0 Å². The van der Waals surface area contributed by atoms with Crippen LogP contribution in [0.25, 0.3) is 0 Å². The molecule has 0 radical (unpaired) electrons. The lowest BCUT2D eigenvalue weighted by Crippen LogP contribution is -2.22. The molecule has 2 rings (SSSR count). The number of hydrogen-bond acceptors (Lipinski definition) is 1. The Hall–Kier alpha value is -0.300. The van der Waals surface area contributed by atoms with Crippen molar-refractivity contribution in [2.24, 2.45) is 17.6 Å². The van der Waals surface area contributed by atoms with Gasteiger partial charge in [-0.3, -0.25) is 0 Å². The smallest absolute Gasteiger partial charge is 0.0372 e. The normalized spacial score (nSPS) is 49.3. The van der Waals surface area contributed by atoms with Crippen LogP contribution in [0.15, 0.2) is 12.2 Å². The summed E-state index contributed by atoms with van der Waals surface area (Å²) in [6.07, 6.45) is 9.70. The van der Waals surface area contributed by atoms with Crippen LogP contribution in [0.3, 0.4) is 0 Å². The highest BCUT2D eigenvalue weighted by atomic mass is 14.8. The average Bonchev–Trinajstić information content (AvgIpc) is 2.54. The number of hydrogen-bond donors (Lipinski definition) is 1. The van der Waals surface area contributed by atoms with Gasteiger partial charge in [0.1, 0.15) is 0 Å². The second-order valence-corrected chi connectivity index (χ2v) is 4.33. The second kappa shape index (κ2) is 2.34. The number of allylic oxidation sites excluding steroid dienone is 1. The van der Waals surface area contributed by atoms with Gasteiger partial charge < -0.3 is 5.73 Å². The van der Waals surface area contributed by atoms with Gasteiger partial charge in [0.15, 0.2) is 0 Å². The highest BCUT2D eigenvalue weighted by molar-refractivity contribution is 5.21. The van der Waals surface area contributed by atoms with Gasteiger partial charge in [-0.25, -0.2) is 0 Å². The zero-order valence-electron chi connectivity index (χ0n) is 7.22. The number of rotatable bonds is 0. The molecule has 1 heteroatoms. The van der Waals surface area contributed by atoms with Gasteiger partial charge in [-0.05, 0) is 31.1 Å². The molecule has 2 aliphatic rings. The summed E-state index contributed by atoms with van der Waals surface area (Å²) >= 11 is 0. The third-order valence-electron chi connectivity index (χ3n) is 3.17. The van der Waals surface area contributed by atoms with Crippen LogP contribution in [0.2, 0.25) is 0 Å². The Balaban J connectivity index is 2.04. The zero-order chi connectivity index (χ0) is 7.90. The first kappa shape index (κ1) is 7.35. The molecule has 0 heterocycles. The average molecular weight is 151 g/mol. The Labute approximate surface area is 68.7 Å². The van der Waals surface area contributed by atoms with E-state index in [1.54, 1.807) is 0 Å². The second-order valence-electron chi connectivity index (χ2n) is 4.33. The quantitative estimate of drug-likeness (QED) is 0.527. The van der Waals surface area contributed by atoms with E-state index in [1.165, 1.54) is 25.7 Å². The third kappa shape index (κ3) is 1.34. The summed E-state index contributed by atoms with van der Waals surface area (Å²) in [4.78, 5) is 0. The summed E-state index contributed by atoms with van der Waals surface area (Å²) in [5, 5.41) is 0. The van der Waals surface area contributed by atoms with Crippen molar-refractivity contribution in [3.8, 4) is 0 Å². The standard InChI is InChI=1S/C10H17N/c1-8-3-2-6-10(11)7-9(10)5-4-8/h2,6,8-9H,3-5,7,11H2,1H3. The molecule has 0 amide bonds. The number of nitrogens with two attached hydrogens (primary N) is 1. The van der Waals surface area contributed by atoms with E-state index >= 15 is 0 Å². The van der Waals surface area contributed by atoms with E-state index < -0.39 is 0 Å². The predicted molar refractivity (Wildman–Crippen MR) is 47.2 cm³/mol. The Bertz CT molecular complexity index is 185. The molecular formula is C10H17N. The van der Waals surface area contributed by atoms with E-state index in [-0.39, 0.29) is 5.54 Å². The van der Waals surface area contributed by atoms with E-state index in [1.807, 2.05) is 0 Å². The summed E-state index contributed by atoms with van der Waals surface area (Å²) in [5.74, 6) is 1.68. The van der Waals surface area contributed by atoms with Gasteiger partial charge in [0, 0.05) is 5.54 Å². The van der Waals surface area contributed by atoms with Gasteiger partial charge in [0.05, 0.1) is 0 Å². The molecule has 3 atom stereocenters. The monoisotopic (exact) mass is 151 g/mol. The minimum absolute atomic E-state index is 0.125. The third-order valence-corrected chi connectivity index (χ3v) is 3.17. The van der Waals surface area contributed by atoms with Crippen LogP contribution in [-0.4, -0.2) is 5.54 Å². The zero-order valence-corrected chi connectivity index (χ0v) is 7.22. The van der Waals surface area contributed by atoms with Gasteiger partial charge >= 0.3 is 0 Å². The van der Waals surface area contributed by atoms with E-state index in [0.717, 1.165) is 11.8 Å². The summed E-state index contributed by atoms with van der Waals surface area (Å²) in [6, 6.07) is 0. The van der Waals surface area contributed by atoms with Crippen molar-refractivity contribution >= 4 is 0 Å². The van der Waals surface area contributed by atoms with Crippen molar-refractivity contribution in [2.75, 3.05) is 0 Å². The van der Waals surface area contributed by atoms with Gasteiger partial charge in [-0.1, -0.05) is 25.5 Å². The molecule has 11 heavy (non-hydrogen) atoms. The Morgan fingerprint density at radius 3 is 3.09 bits per heavy atom. The molecule has 3 unspecified atom stereocenters. The molecule has 1 saturated carbocycles. The fraction of sp³-hybridized carbons (Fsp3) is 0.800. The fourth-order valence-corrected chi connectivity index (χ4v) is 2.07. The van der Waals surface area contributed by atoms with Crippen molar-refractivity contribution in [3.63, 3.8) is 0 Å². The lowest BCUT2D eigenvalue weighted by atomic mass is 9.95. The Kier molecular flexibility index (Phi) is 1.57. The Morgan fingerprint density at radius 2 is 2.27 bits per heavy atom.